The molecule has 7 heteroatoms. The smallest absolute Gasteiger partial charge is 0.289 e. The van der Waals surface area contributed by atoms with Crippen molar-refractivity contribution in [1.82, 2.24) is 19.6 Å². The van der Waals surface area contributed by atoms with Gasteiger partial charge in [-0.1, -0.05) is 60.7 Å². The summed E-state index contributed by atoms with van der Waals surface area (Å²) in [7, 11) is 0. The third kappa shape index (κ3) is 5.24. The lowest BCUT2D eigenvalue weighted by Crippen LogP contribution is -2.50. The zero-order valence-electron chi connectivity index (χ0n) is 19.3. The molecule has 35 heavy (non-hydrogen) atoms. The van der Waals surface area contributed by atoms with Crippen LogP contribution in [0.2, 0.25) is 0 Å². The third-order valence-corrected chi connectivity index (χ3v) is 6.04. The summed E-state index contributed by atoms with van der Waals surface area (Å²) in [5, 5.41) is 4.81. The second-order valence-corrected chi connectivity index (χ2v) is 8.41. The highest BCUT2D eigenvalue weighted by Gasteiger charge is 2.25. The number of carbonyl (C=O) groups excluding carboxylic acids is 2. The Morgan fingerprint density at radius 1 is 0.857 bits per heavy atom. The summed E-state index contributed by atoms with van der Waals surface area (Å²) in [5.41, 5.74) is 3.87. The molecule has 0 N–H and O–H groups in total. The molecule has 2 aromatic heterocycles. The van der Waals surface area contributed by atoms with Crippen molar-refractivity contribution >= 4 is 17.9 Å². The van der Waals surface area contributed by atoms with Crippen LogP contribution in [0.1, 0.15) is 21.7 Å². The van der Waals surface area contributed by atoms with Crippen molar-refractivity contribution in [2.45, 2.75) is 6.54 Å². The van der Waals surface area contributed by atoms with E-state index >= 15 is 0 Å². The predicted octanol–water partition coefficient (Wildman–Crippen LogP) is 4.19. The summed E-state index contributed by atoms with van der Waals surface area (Å²) in [6.07, 6.45) is 6.89. The fourth-order valence-electron chi connectivity index (χ4n) is 4.18. The number of benzene rings is 2. The van der Waals surface area contributed by atoms with Crippen molar-refractivity contribution in [1.29, 1.82) is 0 Å². The number of amides is 2. The summed E-state index contributed by atoms with van der Waals surface area (Å²) in [6, 6.07) is 23.5. The molecule has 0 spiro atoms. The Balaban J connectivity index is 1.29. The Hall–Kier alpha value is -4.39. The first-order chi connectivity index (χ1) is 17.2. The summed E-state index contributed by atoms with van der Waals surface area (Å²) in [5.74, 6) is 0.103. The van der Waals surface area contributed by atoms with Crippen LogP contribution in [-0.4, -0.2) is 57.6 Å². The Kier molecular flexibility index (Phi) is 6.57. The van der Waals surface area contributed by atoms with Crippen LogP contribution in [0.25, 0.3) is 17.3 Å². The summed E-state index contributed by atoms with van der Waals surface area (Å²) >= 11 is 0. The van der Waals surface area contributed by atoms with E-state index in [0.717, 1.165) is 22.4 Å². The normalized spacial score (nSPS) is 13.9. The SMILES string of the molecule is O=C(/C=C/c1cn(Cc2ccccc2)nc1-c1ccccc1)N1CCN(C(=O)c2ccco2)CC1. The van der Waals surface area contributed by atoms with Gasteiger partial charge in [-0.25, -0.2) is 0 Å². The van der Waals surface area contributed by atoms with E-state index in [4.69, 9.17) is 9.52 Å². The molecule has 0 radical (unpaired) electrons. The first-order valence-corrected chi connectivity index (χ1v) is 11.6. The Morgan fingerprint density at radius 3 is 2.23 bits per heavy atom. The van der Waals surface area contributed by atoms with Gasteiger partial charge in [-0.15, -0.1) is 0 Å². The molecule has 7 nitrogen and oxygen atoms in total. The van der Waals surface area contributed by atoms with Crippen LogP contribution in [0, 0.1) is 0 Å². The van der Waals surface area contributed by atoms with Crippen molar-refractivity contribution in [3.8, 4) is 11.3 Å². The van der Waals surface area contributed by atoms with Gasteiger partial charge >= 0.3 is 0 Å². The first-order valence-electron chi connectivity index (χ1n) is 11.6. The van der Waals surface area contributed by atoms with Gasteiger partial charge in [0.25, 0.3) is 5.91 Å². The number of rotatable bonds is 6. The van der Waals surface area contributed by atoms with Crippen molar-refractivity contribution in [2.75, 3.05) is 26.2 Å². The van der Waals surface area contributed by atoms with Crippen molar-refractivity contribution in [3.05, 3.63) is 108 Å². The largest absolute Gasteiger partial charge is 0.459 e. The summed E-state index contributed by atoms with van der Waals surface area (Å²) in [4.78, 5) is 28.8. The molecule has 2 amide bonds. The molecule has 2 aromatic carbocycles. The quantitative estimate of drug-likeness (QED) is 0.400. The molecule has 3 heterocycles. The molecule has 1 aliphatic heterocycles. The number of furan rings is 1. The van der Waals surface area contributed by atoms with Crippen LogP contribution in [0.4, 0.5) is 0 Å². The average Bonchev–Trinajstić information content (AvgIpc) is 3.59. The molecule has 1 saturated heterocycles. The van der Waals surface area contributed by atoms with Gasteiger partial charge in [0.15, 0.2) is 5.76 Å². The van der Waals surface area contributed by atoms with E-state index in [1.807, 2.05) is 65.5 Å². The van der Waals surface area contributed by atoms with Crippen molar-refractivity contribution in [3.63, 3.8) is 0 Å². The molecule has 5 rings (SSSR count). The van der Waals surface area contributed by atoms with E-state index in [2.05, 4.69) is 12.1 Å². The summed E-state index contributed by atoms with van der Waals surface area (Å²) in [6.45, 7) is 2.56. The number of aromatic nitrogens is 2. The lowest BCUT2D eigenvalue weighted by atomic mass is 10.1. The Morgan fingerprint density at radius 2 is 1.54 bits per heavy atom. The van der Waals surface area contributed by atoms with Gasteiger partial charge < -0.3 is 14.2 Å². The van der Waals surface area contributed by atoms with Crippen molar-refractivity contribution in [2.24, 2.45) is 0 Å². The minimum Gasteiger partial charge on any atom is -0.459 e. The van der Waals surface area contributed by atoms with Crippen LogP contribution < -0.4 is 0 Å². The van der Waals surface area contributed by atoms with Crippen LogP contribution in [0.5, 0.6) is 0 Å². The lowest BCUT2D eigenvalue weighted by molar-refractivity contribution is -0.127. The fraction of sp³-hybridized carbons (Fsp3) is 0.179. The molecule has 176 valence electrons. The molecule has 0 saturated carbocycles. The van der Waals surface area contributed by atoms with Gasteiger partial charge in [0.05, 0.1) is 18.5 Å². The topological polar surface area (TPSA) is 71.6 Å². The zero-order valence-corrected chi connectivity index (χ0v) is 19.3. The molecule has 0 aliphatic carbocycles. The maximum Gasteiger partial charge on any atom is 0.289 e. The Bertz CT molecular complexity index is 1300. The van der Waals surface area contributed by atoms with Gasteiger partial charge in [-0.05, 0) is 23.8 Å². The maximum absolute atomic E-state index is 12.9. The third-order valence-electron chi connectivity index (χ3n) is 6.04. The van der Waals surface area contributed by atoms with E-state index in [1.165, 1.54) is 6.26 Å². The Labute approximate surface area is 203 Å². The molecular weight excluding hydrogens is 440 g/mol. The molecule has 1 aliphatic rings. The number of hydrogen-bond donors (Lipinski definition) is 0. The van der Waals surface area contributed by atoms with E-state index < -0.39 is 0 Å². The maximum atomic E-state index is 12.9. The minimum absolute atomic E-state index is 0.0788. The number of piperazine rings is 1. The van der Waals surface area contributed by atoms with Crippen LogP contribution in [-0.2, 0) is 11.3 Å². The molecule has 1 fully saturated rings. The van der Waals surface area contributed by atoms with Crippen LogP contribution in [0.3, 0.4) is 0 Å². The number of hydrogen-bond acceptors (Lipinski definition) is 4. The van der Waals surface area contributed by atoms with Gasteiger partial charge in [-0.3, -0.25) is 14.3 Å². The van der Waals surface area contributed by atoms with E-state index in [0.29, 0.717) is 38.5 Å². The molecule has 0 atom stereocenters. The molecular formula is C28H26N4O3. The lowest BCUT2D eigenvalue weighted by Gasteiger charge is -2.33. The van der Waals surface area contributed by atoms with Gasteiger partial charge in [0.2, 0.25) is 5.91 Å². The van der Waals surface area contributed by atoms with E-state index in [9.17, 15) is 9.59 Å². The average molecular weight is 467 g/mol. The highest BCUT2D eigenvalue weighted by Crippen LogP contribution is 2.24. The number of nitrogens with zero attached hydrogens (tertiary/aromatic N) is 4. The highest BCUT2D eigenvalue weighted by atomic mass is 16.3. The second kappa shape index (κ2) is 10.3. The zero-order chi connectivity index (χ0) is 24.0. The van der Waals surface area contributed by atoms with Crippen molar-refractivity contribution < 1.29 is 14.0 Å². The van der Waals surface area contributed by atoms with Gasteiger partial charge in [0, 0.05) is 49.6 Å². The minimum atomic E-state index is -0.143. The van der Waals surface area contributed by atoms with Gasteiger partial charge in [-0.2, -0.15) is 5.10 Å². The monoisotopic (exact) mass is 466 g/mol. The predicted molar refractivity (Wildman–Crippen MR) is 133 cm³/mol. The standard InChI is InChI=1S/C28H26N4O3/c33-26(30-15-17-31(18-16-30)28(34)25-12-7-19-35-25)14-13-24-21-32(20-22-8-3-1-4-9-22)29-27(24)23-10-5-2-6-11-23/h1-14,19,21H,15-18,20H2/b14-13+. The number of carbonyl (C=O) groups is 2. The second-order valence-electron chi connectivity index (χ2n) is 8.41. The fourth-order valence-corrected chi connectivity index (χ4v) is 4.18. The van der Waals surface area contributed by atoms with Crippen LogP contribution in [0.15, 0.2) is 95.7 Å². The summed E-state index contributed by atoms with van der Waals surface area (Å²) < 4.78 is 7.11. The van der Waals surface area contributed by atoms with Gasteiger partial charge in [0.1, 0.15) is 0 Å². The molecule has 0 bridgehead atoms. The van der Waals surface area contributed by atoms with E-state index in [-0.39, 0.29) is 11.8 Å². The van der Waals surface area contributed by atoms with Crippen LogP contribution >= 0.6 is 0 Å². The highest BCUT2D eigenvalue weighted by molar-refractivity contribution is 5.94. The first kappa shape index (κ1) is 22.4. The molecule has 4 aromatic rings. The van der Waals surface area contributed by atoms with E-state index in [1.54, 1.807) is 28.0 Å². The molecule has 0 unspecified atom stereocenters.